The monoisotopic (exact) mass is 474 g/mol. The predicted molar refractivity (Wildman–Crippen MR) is 147 cm³/mol. The van der Waals surface area contributed by atoms with Gasteiger partial charge in [0.15, 0.2) is 0 Å². The van der Waals surface area contributed by atoms with Gasteiger partial charge >= 0.3 is 0 Å². The van der Waals surface area contributed by atoms with Gasteiger partial charge < -0.3 is 10.1 Å². The molecule has 0 unspecified atom stereocenters. The number of carbonyl (C=O) groups is 1. The number of amides is 1. The molecule has 1 fully saturated rings. The highest BCUT2D eigenvalue weighted by atomic mass is 16.5. The minimum absolute atomic E-state index is 0.000383. The van der Waals surface area contributed by atoms with Crippen LogP contribution < -0.4 is 10.7 Å². The van der Waals surface area contributed by atoms with Gasteiger partial charge in [-0.3, -0.25) is 10.2 Å². The number of hydrogen-bond acceptors (Lipinski definition) is 5. The first-order valence-electron chi connectivity index (χ1n) is 12.3. The van der Waals surface area contributed by atoms with Gasteiger partial charge in [0.2, 0.25) is 0 Å². The molecule has 186 valence electrons. The zero-order valence-corrected chi connectivity index (χ0v) is 21.6. The molecular weight excluding hydrogens is 436 g/mol. The zero-order chi connectivity index (χ0) is 25.6. The highest BCUT2D eigenvalue weighted by Gasteiger charge is 2.18. The average Bonchev–Trinajstić information content (AvgIpc) is 3.40. The molecule has 0 aliphatic heterocycles. The van der Waals surface area contributed by atoms with Gasteiger partial charge in [-0.05, 0) is 62.1 Å². The number of aromatic nitrogens is 1. The molecule has 1 aromatic carbocycles. The van der Waals surface area contributed by atoms with Crippen LogP contribution in [0.4, 0.5) is 5.82 Å². The quantitative estimate of drug-likeness (QED) is 0.181. The van der Waals surface area contributed by atoms with E-state index in [1.54, 1.807) is 25.6 Å². The predicted octanol–water partition coefficient (Wildman–Crippen LogP) is 6.82. The maximum atomic E-state index is 12.5. The normalized spacial score (nSPS) is 14.3. The highest BCUT2D eigenvalue weighted by Crippen LogP contribution is 2.24. The third-order valence-electron chi connectivity index (χ3n) is 5.69. The summed E-state index contributed by atoms with van der Waals surface area (Å²) >= 11 is 0. The van der Waals surface area contributed by atoms with Crippen molar-refractivity contribution >= 4 is 17.9 Å². The Hall–Kier alpha value is -3.67. The maximum Gasteiger partial charge on any atom is 0.251 e. The molecule has 0 atom stereocenters. The van der Waals surface area contributed by atoms with Gasteiger partial charge in [-0.2, -0.15) is 5.10 Å². The molecule has 1 aliphatic rings. The summed E-state index contributed by atoms with van der Waals surface area (Å²) in [5.74, 6) is 1.38. The van der Waals surface area contributed by atoms with Gasteiger partial charge in [0, 0.05) is 28.9 Å². The van der Waals surface area contributed by atoms with Crippen molar-refractivity contribution in [2.75, 3.05) is 12.5 Å². The second-order valence-corrected chi connectivity index (χ2v) is 8.01. The first-order chi connectivity index (χ1) is 17.0. The van der Waals surface area contributed by atoms with Crippen molar-refractivity contribution in [3.8, 4) is 11.1 Å². The van der Waals surface area contributed by atoms with E-state index < -0.39 is 0 Å². The second kappa shape index (κ2) is 14.6. The van der Waals surface area contributed by atoms with E-state index in [4.69, 9.17) is 4.74 Å². The number of methoxy groups -OCH3 is 1. The van der Waals surface area contributed by atoms with E-state index in [1.165, 1.54) is 12.8 Å². The Labute approximate surface area is 209 Å². The van der Waals surface area contributed by atoms with Crippen molar-refractivity contribution in [3.05, 3.63) is 83.8 Å². The lowest BCUT2D eigenvalue weighted by molar-refractivity contribution is 0.0938. The Morgan fingerprint density at radius 3 is 2.43 bits per heavy atom. The standard InChI is InChI=1S/C27H32N4O2.C2H6/c1-5-9-22(25(6-2)33-4)18-29-31-26-19(3)16-23(17-28-26)20-12-14-21(15-13-20)27(32)30-24-10-7-8-11-24;1-2/h5-6,9,12-18,24H,1,7-8,10-11H2,2-4H3,(H,28,31)(H,30,32);1-2H3/b22-9-,25-6+,29-18+;. The molecular formula is C29H38N4O2. The molecule has 2 aromatic rings. The van der Waals surface area contributed by atoms with Gasteiger partial charge in [-0.15, -0.1) is 0 Å². The summed E-state index contributed by atoms with van der Waals surface area (Å²) in [5.41, 5.74) is 7.42. The third-order valence-corrected chi connectivity index (χ3v) is 5.69. The lowest BCUT2D eigenvalue weighted by Gasteiger charge is -2.12. The van der Waals surface area contributed by atoms with Crippen LogP contribution >= 0.6 is 0 Å². The van der Waals surface area contributed by atoms with Crippen LogP contribution in [-0.4, -0.2) is 30.3 Å². The molecule has 35 heavy (non-hydrogen) atoms. The van der Waals surface area contributed by atoms with Crippen LogP contribution in [0.15, 0.2) is 77.8 Å². The van der Waals surface area contributed by atoms with Crippen LogP contribution in [0.25, 0.3) is 11.1 Å². The molecule has 1 saturated carbocycles. The number of hydrazone groups is 1. The molecule has 1 aromatic heterocycles. The van der Waals surface area contributed by atoms with Crippen LogP contribution in [0.1, 0.15) is 62.4 Å². The van der Waals surface area contributed by atoms with Crippen LogP contribution in [0.5, 0.6) is 0 Å². The molecule has 0 radical (unpaired) electrons. The molecule has 1 heterocycles. The molecule has 0 saturated heterocycles. The lowest BCUT2D eigenvalue weighted by atomic mass is 10.0. The van der Waals surface area contributed by atoms with Crippen molar-refractivity contribution in [1.82, 2.24) is 10.3 Å². The largest absolute Gasteiger partial charge is 0.496 e. The number of carbonyl (C=O) groups excluding carboxylic acids is 1. The molecule has 6 heteroatoms. The Balaban J connectivity index is 0.00000210. The topological polar surface area (TPSA) is 75.6 Å². The molecule has 6 nitrogen and oxygen atoms in total. The summed E-state index contributed by atoms with van der Waals surface area (Å²) < 4.78 is 5.35. The first kappa shape index (κ1) is 27.6. The number of benzene rings is 1. The van der Waals surface area contributed by atoms with Gasteiger partial charge in [0.1, 0.15) is 11.6 Å². The molecule has 0 bridgehead atoms. The van der Waals surface area contributed by atoms with Crippen molar-refractivity contribution in [2.24, 2.45) is 5.10 Å². The summed E-state index contributed by atoms with van der Waals surface area (Å²) in [7, 11) is 1.62. The summed E-state index contributed by atoms with van der Waals surface area (Å²) in [4.78, 5) is 17.0. The van der Waals surface area contributed by atoms with Gasteiger partial charge in [0.05, 0.1) is 13.3 Å². The summed E-state index contributed by atoms with van der Waals surface area (Å²) in [6.45, 7) is 11.6. The van der Waals surface area contributed by atoms with Gasteiger partial charge in [-0.1, -0.05) is 57.6 Å². The number of hydrogen-bond donors (Lipinski definition) is 2. The van der Waals surface area contributed by atoms with Crippen molar-refractivity contribution < 1.29 is 9.53 Å². The second-order valence-electron chi connectivity index (χ2n) is 8.01. The number of aryl methyl sites for hydroxylation is 1. The SMILES string of the molecule is C=C/C=C(/C=N/Nc1ncc(-c2ccc(C(=O)NC3CCCC3)cc2)cc1C)C(=C/C)\OC.CC. The molecule has 2 N–H and O–H groups in total. The summed E-state index contributed by atoms with van der Waals surface area (Å²) in [6.07, 6.45) is 13.4. The lowest BCUT2D eigenvalue weighted by Crippen LogP contribution is -2.32. The van der Waals surface area contributed by atoms with Crippen molar-refractivity contribution in [3.63, 3.8) is 0 Å². The van der Waals surface area contributed by atoms with E-state index in [0.29, 0.717) is 23.2 Å². The minimum atomic E-state index is -0.000383. The molecule has 0 spiro atoms. The van der Waals surface area contributed by atoms with E-state index in [0.717, 1.165) is 35.1 Å². The number of pyridine rings is 1. The summed E-state index contributed by atoms with van der Waals surface area (Å²) in [5, 5.41) is 7.42. The van der Waals surface area contributed by atoms with E-state index in [2.05, 4.69) is 27.4 Å². The number of ether oxygens (including phenoxy) is 1. The van der Waals surface area contributed by atoms with Crippen LogP contribution in [-0.2, 0) is 4.74 Å². The first-order valence-corrected chi connectivity index (χ1v) is 12.3. The number of nitrogens with zero attached hydrogens (tertiary/aromatic N) is 2. The van der Waals surface area contributed by atoms with E-state index in [-0.39, 0.29) is 5.91 Å². The van der Waals surface area contributed by atoms with Gasteiger partial charge in [-0.25, -0.2) is 4.98 Å². The van der Waals surface area contributed by atoms with E-state index >= 15 is 0 Å². The number of rotatable bonds is 9. The number of nitrogens with one attached hydrogen (secondary N) is 2. The third kappa shape index (κ3) is 7.95. The average molecular weight is 475 g/mol. The Morgan fingerprint density at radius 2 is 1.86 bits per heavy atom. The van der Waals surface area contributed by atoms with E-state index in [1.807, 2.05) is 70.2 Å². The summed E-state index contributed by atoms with van der Waals surface area (Å²) in [6, 6.07) is 10.0. The Kier molecular flexibility index (Phi) is 11.5. The maximum absolute atomic E-state index is 12.5. The van der Waals surface area contributed by atoms with Crippen molar-refractivity contribution in [1.29, 1.82) is 0 Å². The van der Waals surface area contributed by atoms with Crippen LogP contribution in [0, 0.1) is 6.92 Å². The fourth-order valence-electron chi connectivity index (χ4n) is 3.88. The Bertz CT molecular complexity index is 1060. The molecule has 1 aliphatic carbocycles. The van der Waals surface area contributed by atoms with Crippen LogP contribution in [0.2, 0.25) is 0 Å². The molecule has 1 amide bonds. The van der Waals surface area contributed by atoms with E-state index in [9.17, 15) is 4.79 Å². The fraction of sp³-hybridized carbons (Fsp3) is 0.345. The smallest absolute Gasteiger partial charge is 0.251 e. The van der Waals surface area contributed by atoms with Gasteiger partial charge in [0.25, 0.3) is 5.91 Å². The fourth-order valence-corrected chi connectivity index (χ4v) is 3.88. The highest BCUT2D eigenvalue weighted by molar-refractivity contribution is 5.95. The molecule has 3 rings (SSSR count). The van der Waals surface area contributed by atoms with Crippen molar-refractivity contribution in [2.45, 2.75) is 59.4 Å². The zero-order valence-electron chi connectivity index (χ0n) is 21.6. The number of anilines is 1. The minimum Gasteiger partial charge on any atom is -0.496 e. The number of allylic oxidation sites excluding steroid dienone is 4. The Morgan fingerprint density at radius 1 is 1.17 bits per heavy atom. The van der Waals surface area contributed by atoms with Crippen LogP contribution in [0.3, 0.4) is 0 Å².